The van der Waals surface area contributed by atoms with E-state index in [-0.39, 0.29) is 12.6 Å². The van der Waals surface area contributed by atoms with Crippen LogP contribution in [0.15, 0.2) is 59.1 Å². The Morgan fingerprint density at radius 2 is 1.95 bits per heavy atom. The first-order chi connectivity index (χ1) is 9.72. The molecular formula is C16H11BrO2S. The summed E-state index contributed by atoms with van der Waals surface area (Å²) < 4.78 is 7.43. The van der Waals surface area contributed by atoms with Gasteiger partial charge in [0, 0.05) is 9.17 Å². The summed E-state index contributed by atoms with van der Waals surface area (Å²) in [7, 11) is 0. The van der Waals surface area contributed by atoms with E-state index in [2.05, 4.69) is 15.9 Å². The monoisotopic (exact) mass is 346 g/mol. The van der Waals surface area contributed by atoms with Crippen molar-refractivity contribution in [3.05, 3.63) is 69.5 Å². The molecule has 0 saturated carbocycles. The summed E-state index contributed by atoms with van der Waals surface area (Å²) in [4.78, 5) is 12.7. The van der Waals surface area contributed by atoms with Gasteiger partial charge in [-0.15, -0.1) is 11.3 Å². The van der Waals surface area contributed by atoms with E-state index in [1.807, 2.05) is 54.6 Å². The summed E-state index contributed by atoms with van der Waals surface area (Å²) in [6.07, 6.45) is 0. The minimum atomic E-state index is -0.272. The lowest BCUT2D eigenvalue weighted by Crippen LogP contribution is -2.02. The summed E-state index contributed by atoms with van der Waals surface area (Å²) in [6.45, 7) is 0.284. The van der Waals surface area contributed by atoms with Crippen LogP contribution >= 0.6 is 27.3 Å². The van der Waals surface area contributed by atoms with Gasteiger partial charge in [-0.3, -0.25) is 0 Å². The minimum Gasteiger partial charge on any atom is -0.457 e. The fraction of sp³-hybridized carbons (Fsp3) is 0.0625. The molecule has 0 saturated heterocycles. The number of hydrogen-bond donors (Lipinski definition) is 0. The zero-order valence-corrected chi connectivity index (χ0v) is 12.9. The molecule has 3 aromatic rings. The van der Waals surface area contributed by atoms with Crippen molar-refractivity contribution in [1.29, 1.82) is 0 Å². The van der Waals surface area contributed by atoms with Crippen LogP contribution in [0.1, 0.15) is 15.2 Å². The third-order valence-electron chi connectivity index (χ3n) is 2.89. The number of carbonyl (C=O) groups excluding carboxylic acids is 1. The molecule has 2 nitrogen and oxygen atoms in total. The number of halogens is 1. The van der Waals surface area contributed by atoms with E-state index in [4.69, 9.17) is 4.74 Å². The van der Waals surface area contributed by atoms with E-state index < -0.39 is 0 Å². The Kier molecular flexibility index (Phi) is 3.85. The Balaban J connectivity index is 1.73. The van der Waals surface area contributed by atoms with Crippen molar-refractivity contribution < 1.29 is 9.53 Å². The molecule has 0 amide bonds. The molecule has 0 atom stereocenters. The molecule has 0 aliphatic carbocycles. The molecule has 0 fully saturated rings. The smallest absolute Gasteiger partial charge is 0.348 e. The standard InChI is InChI=1S/C16H11BrO2S/c17-13-6-3-4-11(8-13)10-19-16(18)15-9-12-5-1-2-7-14(12)20-15/h1-9H,10H2. The Bertz CT molecular complexity index is 731. The van der Waals surface area contributed by atoms with Crippen LogP contribution in [-0.2, 0) is 11.3 Å². The Hall–Kier alpha value is -1.65. The van der Waals surface area contributed by atoms with Crippen LogP contribution in [0, 0.1) is 0 Å². The molecule has 0 N–H and O–H groups in total. The number of esters is 1. The first-order valence-corrected chi connectivity index (χ1v) is 7.73. The molecule has 1 heterocycles. The molecule has 0 aliphatic heterocycles. The third kappa shape index (κ3) is 2.92. The first kappa shape index (κ1) is 13.3. The highest BCUT2D eigenvalue weighted by Gasteiger charge is 2.11. The van der Waals surface area contributed by atoms with Gasteiger partial charge in [0.05, 0.1) is 0 Å². The molecule has 0 spiro atoms. The Labute approximate surface area is 129 Å². The summed E-state index contributed by atoms with van der Waals surface area (Å²) in [5, 5.41) is 1.08. The molecule has 100 valence electrons. The maximum atomic E-state index is 12.0. The number of thiophene rings is 1. The van der Waals surface area contributed by atoms with Crippen LogP contribution in [0.4, 0.5) is 0 Å². The van der Waals surface area contributed by atoms with Gasteiger partial charge in [-0.05, 0) is 35.2 Å². The number of rotatable bonds is 3. The van der Waals surface area contributed by atoms with Gasteiger partial charge in [-0.2, -0.15) is 0 Å². The predicted molar refractivity (Wildman–Crippen MR) is 85.1 cm³/mol. The van der Waals surface area contributed by atoms with Crippen molar-refractivity contribution in [3.63, 3.8) is 0 Å². The molecule has 0 aliphatic rings. The molecule has 20 heavy (non-hydrogen) atoms. The lowest BCUT2D eigenvalue weighted by molar-refractivity contribution is 0.0478. The maximum Gasteiger partial charge on any atom is 0.348 e. The van der Waals surface area contributed by atoms with Crippen LogP contribution in [-0.4, -0.2) is 5.97 Å². The SMILES string of the molecule is O=C(OCc1cccc(Br)c1)c1cc2ccccc2s1. The number of fused-ring (bicyclic) bond motifs is 1. The zero-order valence-electron chi connectivity index (χ0n) is 10.5. The van der Waals surface area contributed by atoms with Crippen molar-refractivity contribution in [3.8, 4) is 0 Å². The maximum absolute atomic E-state index is 12.0. The van der Waals surface area contributed by atoms with Crippen molar-refractivity contribution in [2.75, 3.05) is 0 Å². The highest BCUT2D eigenvalue weighted by Crippen LogP contribution is 2.26. The predicted octanol–water partition coefficient (Wildman–Crippen LogP) is 5.02. The molecule has 0 radical (unpaired) electrons. The molecule has 0 unspecified atom stereocenters. The van der Waals surface area contributed by atoms with Gasteiger partial charge < -0.3 is 4.74 Å². The van der Waals surface area contributed by atoms with Crippen molar-refractivity contribution in [2.24, 2.45) is 0 Å². The zero-order chi connectivity index (χ0) is 13.9. The lowest BCUT2D eigenvalue weighted by Gasteiger charge is -2.03. The van der Waals surface area contributed by atoms with Crippen LogP contribution in [0.5, 0.6) is 0 Å². The lowest BCUT2D eigenvalue weighted by atomic mass is 10.2. The molecule has 4 heteroatoms. The number of benzene rings is 2. The molecule has 3 rings (SSSR count). The summed E-state index contributed by atoms with van der Waals surface area (Å²) in [6, 6.07) is 17.6. The molecule has 2 aromatic carbocycles. The van der Waals surface area contributed by atoms with Gasteiger partial charge in [0.1, 0.15) is 11.5 Å². The largest absolute Gasteiger partial charge is 0.457 e. The van der Waals surface area contributed by atoms with E-state index in [1.165, 1.54) is 11.3 Å². The second kappa shape index (κ2) is 5.77. The van der Waals surface area contributed by atoms with Crippen molar-refractivity contribution in [2.45, 2.75) is 6.61 Å². The average Bonchev–Trinajstić information content (AvgIpc) is 2.89. The molecule has 0 bridgehead atoms. The Morgan fingerprint density at radius 1 is 1.10 bits per heavy atom. The van der Waals surface area contributed by atoms with E-state index in [9.17, 15) is 4.79 Å². The first-order valence-electron chi connectivity index (χ1n) is 6.12. The average molecular weight is 347 g/mol. The Morgan fingerprint density at radius 3 is 2.75 bits per heavy atom. The number of carbonyl (C=O) groups is 1. The highest BCUT2D eigenvalue weighted by molar-refractivity contribution is 9.10. The molecule has 1 aromatic heterocycles. The van der Waals surface area contributed by atoms with Crippen LogP contribution in [0.25, 0.3) is 10.1 Å². The van der Waals surface area contributed by atoms with Gasteiger partial charge in [0.15, 0.2) is 0 Å². The second-order valence-electron chi connectivity index (χ2n) is 4.35. The van der Waals surface area contributed by atoms with Crippen LogP contribution in [0.3, 0.4) is 0 Å². The van der Waals surface area contributed by atoms with Gasteiger partial charge in [-0.25, -0.2) is 4.79 Å². The van der Waals surface area contributed by atoms with Crippen molar-refractivity contribution >= 4 is 43.3 Å². The quantitative estimate of drug-likeness (QED) is 0.622. The van der Waals surface area contributed by atoms with Gasteiger partial charge >= 0.3 is 5.97 Å². The third-order valence-corrected chi connectivity index (χ3v) is 4.48. The fourth-order valence-electron chi connectivity index (χ4n) is 1.93. The summed E-state index contributed by atoms with van der Waals surface area (Å²) in [5.41, 5.74) is 0.967. The van der Waals surface area contributed by atoms with Crippen LogP contribution in [0.2, 0.25) is 0 Å². The van der Waals surface area contributed by atoms with Gasteiger partial charge in [0.2, 0.25) is 0 Å². The van der Waals surface area contributed by atoms with Gasteiger partial charge in [-0.1, -0.05) is 46.3 Å². The highest BCUT2D eigenvalue weighted by atomic mass is 79.9. The van der Waals surface area contributed by atoms with E-state index >= 15 is 0 Å². The fourth-order valence-corrected chi connectivity index (χ4v) is 3.33. The van der Waals surface area contributed by atoms with E-state index in [0.717, 1.165) is 20.1 Å². The van der Waals surface area contributed by atoms with Gasteiger partial charge in [0.25, 0.3) is 0 Å². The summed E-state index contributed by atoms with van der Waals surface area (Å²) >= 11 is 4.86. The number of ether oxygens (including phenoxy) is 1. The minimum absolute atomic E-state index is 0.272. The normalized spacial score (nSPS) is 10.7. The topological polar surface area (TPSA) is 26.3 Å². The van der Waals surface area contributed by atoms with Crippen molar-refractivity contribution in [1.82, 2.24) is 0 Å². The van der Waals surface area contributed by atoms with E-state index in [0.29, 0.717) is 4.88 Å². The summed E-state index contributed by atoms with van der Waals surface area (Å²) in [5.74, 6) is -0.272. The molecular weight excluding hydrogens is 336 g/mol. The van der Waals surface area contributed by atoms with Crippen LogP contribution < -0.4 is 0 Å². The number of hydrogen-bond acceptors (Lipinski definition) is 3. The second-order valence-corrected chi connectivity index (χ2v) is 6.35. The van der Waals surface area contributed by atoms with E-state index in [1.54, 1.807) is 0 Å².